The minimum atomic E-state index is -0.877. The predicted molar refractivity (Wildman–Crippen MR) is 131 cm³/mol. The minimum Gasteiger partial charge on any atom is -0.507 e. The molecule has 0 radical (unpaired) electrons. The minimum absolute atomic E-state index is 0.0206. The molecule has 2 aromatic carbocycles. The summed E-state index contributed by atoms with van der Waals surface area (Å²) < 4.78 is 6.38. The average molecular weight is 492 g/mol. The molecule has 0 spiro atoms. The van der Waals surface area contributed by atoms with E-state index in [0.29, 0.717) is 39.2 Å². The number of anilines is 1. The van der Waals surface area contributed by atoms with Gasteiger partial charge in [-0.3, -0.25) is 19.5 Å². The van der Waals surface area contributed by atoms with Crippen LogP contribution < -0.4 is 9.64 Å². The molecule has 7 nitrogen and oxygen atoms in total. The molecule has 1 saturated heterocycles. The van der Waals surface area contributed by atoms with Crippen molar-refractivity contribution in [2.45, 2.75) is 13.0 Å². The number of fused-ring (bicyclic) bond motifs is 1. The number of hydrogen-bond donors (Lipinski definition) is 1. The number of amides is 1. The number of hydrogen-bond acceptors (Lipinski definition) is 7. The number of nitrogens with zero attached hydrogens (tertiary/aromatic N) is 3. The molecule has 1 aliphatic heterocycles. The zero-order valence-corrected chi connectivity index (χ0v) is 19.5. The van der Waals surface area contributed by atoms with E-state index in [1.165, 1.54) is 28.6 Å². The van der Waals surface area contributed by atoms with Crippen LogP contribution in [0.4, 0.5) is 5.13 Å². The first-order valence-electron chi connectivity index (χ1n) is 10.5. The number of pyridine rings is 1. The number of aliphatic hydroxyl groups excluding tert-OH is 1. The molecule has 1 fully saturated rings. The number of rotatable bonds is 5. The maximum atomic E-state index is 13.3. The quantitative estimate of drug-likeness (QED) is 0.229. The second kappa shape index (κ2) is 8.89. The van der Waals surface area contributed by atoms with Gasteiger partial charge in [-0.2, -0.15) is 0 Å². The molecule has 1 amide bonds. The lowest BCUT2D eigenvalue weighted by molar-refractivity contribution is -0.132. The van der Waals surface area contributed by atoms with Crippen LogP contribution in [-0.4, -0.2) is 33.4 Å². The van der Waals surface area contributed by atoms with Crippen molar-refractivity contribution in [3.8, 4) is 5.75 Å². The highest BCUT2D eigenvalue weighted by molar-refractivity contribution is 7.22. The summed E-state index contributed by atoms with van der Waals surface area (Å²) in [6, 6.07) is 14.6. The summed E-state index contributed by atoms with van der Waals surface area (Å²) in [4.78, 5) is 36.4. The molecule has 1 N–H and O–H groups in total. The van der Waals surface area contributed by atoms with Gasteiger partial charge in [-0.05, 0) is 55.0 Å². The lowest BCUT2D eigenvalue weighted by Gasteiger charge is -2.23. The van der Waals surface area contributed by atoms with E-state index < -0.39 is 17.7 Å². The lowest BCUT2D eigenvalue weighted by atomic mass is 9.96. The molecule has 1 unspecified atom stereocenters. The van der Waals surface area contributed by atoms with Crippen LogP contribution in [0.3, 0.4) is 0 Å². The van der Waals surface area contributed by atoms with E-state index in [9.17, 15) is 14.7 Å². The summed E-state index contributed by atoms with van der Waals surface area (Å²) in [6.07, 6.45) is 3.01. The van der Waals surface area contributed by atoms with Crippen molar-refractivity contribution in [1.82, 2.24) is 9.97 Å². The Hall–Kier alpha value is -3.75. The second-order valence-corrected chi connectivity index (χ2v) is 8.96. The monoisotopic (exact) mass is 491 g/mol. The first kappa shape index (κ1) is 22.1. The Kier molecular flexibility index (Phi) is 5.77. The number of aliphatic hydroxyl groups is 1. The molecular formula is C25H18ClN3O4S. The summed E-state index contributed by atoms with van der Waals surface area (Å²) in [6.45, 7) is 2.42. The van der Waals surface area contributed by atoms with Crippen molar-refractivity contribution in [3.63, 3.8) is 0 Å². The number of thiazole rings is 1. The third-order valence-corrected chi connectivity index (χ3v) is 6.72. The third-order valence-electron chi connectivity index (χ3n) is 5.45. The molecule has 9 heteroatoms. The van der Waals surface area contributed by atoms with Crippen LogP contribution in [0.25, 0.3) is 16.0 Å². The predicted octanol–water partition coefficient (Wildman–Crippen LogP) is 5.37. The Morgan fingerprint density at radius 3 is 2.56 bits per heavy atom. The van der Waals surface area contributed by atoms with Gasteiger partial charge in [-0.1, -0.05) is 35.1 Å². The molecule has 5 rings (SSSR count). The van der Waals surface area contributed by atoms with Crippen molar-refractivity contribution in [2.75, 3.05) is 11.5 Å². The highest BCUT2D eigenvalue weighted by Crippen LogP contribution is 2.44. The Morgan fingerprint density at radius 2 is 1.85 bits per heavy atom. The van der Waals surface area contributed by atoms with E-state index in [1.807, 2.05) is 25.1 Å². The van der Waals surface area contributed by atoms with Crippen LogP contribution in [0, 0.1) is 0 Å². The highest BCUT2D eigenvalue weighted by atomic mass is 35.5. The summed E-state index contributed by atoms with van der Waals surface area (Å²) in [5.41, 5.74) is 1.66. The summed E-state index contributed by atoms with van der Waals surface area (Å²) in [5.74, 6) is -1.13. The van der Waals surface area contributed by atoms with E-state index in [-0.39, 0.29) is 11.3 Å². The fourth-order valence-corrected chi connectivity index (χ4v) is 5.05. The first-order chi connectivity index (χ1) is 16.5. The maximum absolute atomic E-state index is 13.3. The Balaban J connectivity index is 1.69. The van der Waals surface area contributed by atoms with Gasteiger partial charge >= 0.3 is 5.91 Å². The SMILES string of the molecule is CCOc1ccc2nc(N3C(=O)C(=O)C(=C(O)c4ccncc4)C3c3ccc(Cl)cc3)sc2c1. The Labute approximate surface area is 203 Å². The molecule has 3 heterocycles. The van der Waals surface area contributed by atoms with Crippen LogP contribution in [0.5, 0.6) is 5.75 Å². The van der Waals surface area contributed by atoms with Gasteiger partial charge in [-0.15, -0.1) is 0 Å². The fraction of sp³-hybridized carbons (Fsp3) is 0.120. The zero-order chi connectivity index (χ0) is 23.8. The number of benzene rings is 2. The Bertz CT molecular complexity index is 1430. The van der Waals surface area contributed by atoms with Crippen LogP contribution in [0.1, 0.15) is 24.1 Å². The van der Waals surface area contributed by atoms with Crippen molar-refractivity contribution in [3.05, 3.63) is 88.7 Å². The van der Waals surface area contributed by atoms with E-state index in [2.05, 4.69) is 9.97 Å². The number of carbonyl (C=O) groups is 2. The van der Waals surface area contributed by atoms with E-state index >= 15 is 0 Å². The second-order valence-electron chi connectivity index (χ2n) is 7.52. The maximum Gasteiger partial charge on any atom is 0.301 e. The van der Waals surface area contributed by atoms with Crippen molar-refractivity contribution in [2.24, 2.45) is 0 Å². The molecular weight excluding hydrogens is 474 g/mol. The topological polar surface area (TPSA) is 92.6 Å². The smallest absolute Gasteiger partial charge is 0.301 e. The fourth-order valence-electron chi connectivity index (χ4n) is 3.91. The van der Waals surface area contributed by atoms with Gasteiger partial charge < -0.3 is 9.84 Å². The van der Waals surface area contributed by atoms with E-state index in [1.54, 1.807) is 36.4 Å². The van der Waals surface area contributed by atoms with Gasteiger partial charge in [0.15, 0.2) is 5.13 Å². The van der Waals surface area contributed by atoms with Crippen molar-refractivity contribution >= 4 is 55.7 Å². The van der Waals surface area contributed by atoms with Gasteiger partial charge in [0.05, 0.1) is 28.4 Å². The summed E-state index contributed by atoms with van der Waals surface area (Å²) >= 11 is 7.35. The molecule has 0 bridgehead atoms. The lowest BCUT2D eigenvalue weighted by Crippen LogP contribution is -2.29. The number of carbonyl (C=O) groups excluding carboxylic acids is 2. The normalized spacial score (nSPS) is 17.5. The standard InChI is InChI=1S/C25H18ClN3O4S/c1-2-33-17-7-8-18-19(13-17)34-25(28-18)29-21(14-3-5-16(26)6-4-14)20(23(31)24(29)32)22(30)15-9-11-27-12-10-15/h3-13,21,30H,2H2,1H3. The molecule has 4 aromatic rings. The molecule has 0 aliphatic carbocycles. The van der Waals surface area contributed by atoms with Crippen molar-refractivity contribution < 1.29 is 19.4 Å². The number of aromatic nitrogens is 2. The number of ether oxygens (including phenoxy) is 1. The number of Topliss-reactive ketones (excluding diaryl/α,β-unsaturated/α-hetero) is 1. The van der Waals surface area contributed by atoms with E-state index in [4.69, 9.17) is 16.3 Å². The average Bonchev–Trinajstić information content (AvgIpc) is 3.38. The molecule has 1 aliphatic rings. The van der Waals surface area contributed by atoms with Crippen LogP contribution >= 0.6 is 22.9 Å². The number of ketones is 1. The highest BCUT2D eigenvalue weighted by Gasteiger charge is 2.48. The zero-order valence-electron chi connectivity index (χ0n) is 17.9. The summed E-state index contributed by atoms with van der Waals surface area (Å²) in [5, 5.41) is 11.9. The molecule has 34 heavy (non-hydrogen) atoms. The molecule has 1 atom stereocenters. The van der Waals surface area contributed by atoms with Gasteiger partial charge in [0.1, 0.15) is 11.5 Å². The third kappa shape index (κ3) is 3.81. The van der Waals surface area contributed by atoms with Crippen LogP contribution in [0.2, 0.25) is 5.02 Å². The van der Waals surface area contributed by atoms with E-state index in [0.717, 1.165) is 4.70 Å². The first-order valence-corrected chi connectivity index (χ1v) is 11.7. The van der Waals surface area contributed by atoms with Gasteiger partial charge in [0.25, 0.3) is 5.78 Å². The van der Waals surface area contributed by atoms with Crippen LogP contribution in [0.15, 0.2) is 72.6 Å². The molecule has 0 saturated carbocycles. The number of halogens is 1. The largest absolute Gasteiger partial charge is 0.507 e. The van der Waals surface area contributed by atoms with Crippen LogP contribution in [-0.2, 0) is 9.59 Å². The Morgan fingerprint density at radius 1 is 1.12 bits per heavy atom. The molecule has 2 aromatic heterocycles. The van der Waals surface area contributed by atoms with Crippen molar-refractivity contribution in [1.29, 1.82) is 0 Å². The van der Waals surface area contributed by atoms with Gasteiger partial charge in [-0.25, -0.2) is 4.98 Å². The van der Waals surface area contributed by atoms with Gasteiger partial charge in [0.2, 0.25) is 0 Å². The summed E-state index contributed by atoms with van der Waals surface area (Å²) in [7, 11) is 0. The van der Waals surface area contributed by atoms with Gasteiger partial charge in [0, 0.05) is 23.0 Å². The molecule has 170 valence electrons.